The minimum Gasteiger partial charge on any atom is -0.364 e. The summed E-state index contributed by atoms with van der Waals surface area (Å²) < 4.78 is 4.74. The summed E-state index contributed by atoms with van der Waals surface area (Å²) in [6, 6.07) is 2.45. The van der Waals surface area contributed by atoms with E-state index >= 15 is 0 Å². The van der Waals surface area contributed by atoms with Crippen LogP contribution in [0.5, 0.6) is 0 Å². The summed E-state index contributed by atoms with van der Waals surface area (Å²) in [7, 11) is 0. The van der Waals surface area contributed by atoms with Gasteiger partial charge in [0.1, 0.15) is 6.26 Å². The molecule has 0 spiro atoms. The number of unbranched alkanes of at least 4 members (excludes halogenated alkanes) is 1. The molecule has 1 heterocycles. The molecule has 74 valence electrons. The van der Waals surface area contributed by atoms with Gasteiger partial charge in [-0.05, 0) is 13.3 Å². The van der Waals surface area contributed by atoms with Crippen molar-refractivity contribution in [2.45, 2.75) is 45.7 Å². The maximum atomic E-state index is 4.74. The van der Waals surface area contributed by atoms with E-state index in [1.165, 1.54) is 19.3 Å². The summed E-state index contributed by atoms with van der Waals surface area (Å²) >= 11 is 0. The zero-order valence-corrected chi connectivity index (χ0v) is 8.42. The SMILES string of the molecule is CCCCC(C)NCc1ccon1. The second-order valence-corrected chi connectivity index (χ2v) is 3.41. The molecule has 0 bridgehead atoms. The van der Waals surface area contributed by atoms with Gasteiger partial charge in [0.2, 0.25) is 0 Å². The van der Waals surface area contributed by atoms with E-state index in [1.807, 2.05) is 6.07 Å². The lowest BCUT2D eigenvalue weighted by Crippen LogP contribution is -2.25. The zero-order valence-electron chi connectivity index (χ0n) is 8.42. The number of aromatic nitrogens is 1. The summed E-state index contributed by atoms with van der Waals surface area (Å²) in [6.45, 7) is 5.22. The lowest BCUT2D eigenvalue weighted by atomic mass is 10.1. The van der Waals surface area contributed by atoms with Gasteiger partial charge in [-0.15, -0.1) is 0 Å². The minimum absolute atomic E-state index is 0.566. The van der Waals surface area contributed by atoms with Crippen molar-refractivity contribution in [1.82, 2.24) is 10.5 Å². The van der Waals surface area contributed by atoms with Gasteiger partial charge in [0.15, 0.2) is 0 Å². The van der Waals surface area contributed by atoms with Gasteiger partial charge in [0.05, 0.1) is 5.69 Å². The van der Waals surface area contributed by atoms with Crippen molar-refractivity contribution in [2.24, 2.45) is 0 Å². The van der Waals surface area contributed by atoms with E-state index < -0.39 is 0 Å². The van der Waals surface area contributed by atoms with E-state index in [1.54, 1.807) is 6.26 Å². The van der Waals surface area contributed by atoms with Crippen LogP contribution in [0.1, 0.15) is 38.8 Å². The van der Waals surface area contributed by atoms with Gasteiger partial charge in [-0.25, -0.2) is 0 Å². The fourth-order valence-corrected chi connectivity index (χ4v) is 1.22. The summed E-state index contributed by atoms with van der Waals surface area (Å²) in [6.07, 6.45) is 5.38. The molecule has 3 heteroatoms. The first kappa shape index (κ1) is 10.3. The number of hydrogen-bond donors (Lipinski definition) is 1. The maximum Gasteiger partial charge on any atom is 0.124 e. The van der Waals surface area contributed by atoms with Crippen LogP contribution in [0.25, 0.3) is 0 Å². The molecule has 3 nitrogen and oxygen atoms in total. The highest BCUT2D eigenvalue weighted by Crippen LogP contribution is 2.01. The molecule has 0 aromatic carbocycles. The lowest BCUT2D eigenvalue weighted by molar-refractivity contribution is 0.403. The van der Waals surface area contributed by atoms with Crippen molar-refractivity contribution in [2.75, 3.05) is 0 Å². The van der Waals surface area contributed by atoms with Crippen LogP contribution in [0.3, 0.4) is 0 Å². The Morgan fingerprint density at radius 3 is 3.08 bits per heavy atom. The average Bonchev–Trinajstić information content (AvgIpc) is 2.64. The molecule has 0 radical (unpaired) electrons. The van der Waals surface area contributed by atoms with Gasteiger partial charge in [-0.1, -0.05) is 24.9 Å². The van der Waals surface area contributed by atoms with Crippen LogP contribution in [-0.4, -0.2) is 11.2 Å². The quantitative estimate of drug-likeness (QED) is 0.733. The fraction of sp³-hybridized carbons (Fsp3) is 0.700. The monoisotopic (exact) mass is 182 g/mol. The molecule has 0 saturated heterocycles. The molecule has 0 amide bonds. The van der Waals surface area contributed by atoms with E-state index in [9.17, 15) is 0 Å². The van der Waals surface area contributed by atoms with Crippen LogP contribution < -0.4 is 5.32 Å². The zero-order chi connectivity index (χ0) is 9.52. The summed E-state index contributed by atoms with van der Waals surface area (Å²) in [5.41, 5.74) is 0.975. The van der Waals surface area contributed by atoms with Crippen molar-refractivity contribution in [3.8, 4) is 0 Å². The summed E-state index contributed by atoms with van der Waals surface area (Å²) in [5.74, 6) is 0. The van der Waals surface area contributed by atoms with E-state index in [0.717, 1.165) is 12.2 Å². The second kappa shape index (κ2) is 5.75. The third kappa shape index (κ3) is 4.08. The molecule has 0 aliphatic carbocycles. The maximum absolute atomic E-state index is 4.74. The normalized spacial score (nSPS) is 13.1. The summed E-state index contributed by atoms with van der Waals surface area (Å²) in [4.78, 5) is 0. The Bertz CT molecular complexity index is 209. The highest BCUT2D eigenvalue weighted by Gasteiger charge is 2.01. The molecule has 1 unspecified atom stereocenters. The van der Waals surface area contributed by atoms with Crippen LogP contribution in [0.4, 0.5) is 0 Å². The van der Waals surface area contributed by atoms with Crippen molar-refractivity contribution in [1.29, 1.82) is 0 Å². The van der Waals surface area contributed by atoms with Crippen molar-refractivity contribution in [3.05, 3.63) is 18.0 Å². The Morgan fingerprint density at radius 1 is 1.62 bits per heavy atom. The molecule has 0 aliphatic rings. The van der Waals surface area contributed by atoms with Crippen LogP contribution >= 0.6 is 0 Å². The standard InChI is InChI=1S/C10H18N2O/c1-3-4-5-9(2)11-8-10-6-7-13-12-10/h6-7,9,11H,3-5,8H2,1-2H3. The molecule has 1 aromatic rings. The smallest absolute Gasteiger partial charge is 0.124 e. The predicted octanol–water partition coefficient (Wildman–Crippen LogP) is 2.34. The van der Waals surface area contributed by atoms with Gasteiger partial charge in [-0.3, -0.25) is 0 Å². The third-order valence-electron chi connectivity index (χ3n) is 2.11. The largest absolute Gasteiger partial charge is 0.364 e. The van der Waals surface area contributed by atoms with Crippen LogP contribution in [-0.2, 0) is 6.54 Å². The van der Waals surface area contributed by atoms with Gasteiger partial charge < -0.3 is 9.84 Å². The fourth-order valence-electron chi connectivity index (χ4n) is 1.22. The molecular weight excluding hydrogens is 164 g/mol. The molecule has 0 fully saturated rings. The molecule has 1 N–H and O–H groups in total. The Labute approximate surface area is 79.5 Å². The molecule has 0 saturated carbocycles. The first-order valence-corrected chi connectivity index (χ1v) is 4.95. The van der Waals surface area contributed by atoms with Gasteiger partial charge in [-0.2, -0.15) is 0 Å². The molecule has 1 rings (SSSR count). The topological polar surface area (TPSA) is 38.1 Å². The van der Waals surface area contributed by atoms with Gasteiger partial charge in [0, 0.05) is 18.7 Å². The predicted molar refractivity (Wildman–Crippen MR) is 52.3 cm³/mol. The third-order valence-corrected chi connectivity index (χ3v) is 2.11. The van der Waals surface area contributed by atoms with E-state index in [2.05, 4.69) is 24.3 Å². The molecule has 13 heavy (non-hydrogen) atoms. The minimum atomic E-state index is 0.566. The molecule has 1 aromatic heterocycles. The first-order chi connectivity index (χ1) is 6.33. The molecular formula is C10H18N2O. The van der Waals surface area contributed by atoms with Crippen molar-refractivity contribution < 1.29 is 4.52 Å². The Hall–Kier alpha value is -0.830. The first-order valence-electron chi connectivity index (χ1n) is 4.95. The number of nitrogens with zero attached hydrogens (tertiary/aromatic N) is 1. The lowest BCUT2D eigenvalue weighted by Gasteiger charge is -2.11. The van der Waals surface area contributed by atoms with E-state index in [0.29, 0.717) is 6.04 Å². The van der Waals surface area contributed by atoms with Crippen molar-refractivity contribution >= 4 is 0 Å². The van der Waals surface area contributed by atoms with Crippen LogP contribution in [0.15, 0.2) is 16.9 Å². The van der Waals surface area contributed by atoms with Crippen LogP contribution in [0.2, 0.25) is 0 Å². The van der Waals surface area contributed by atoms with Crippen LogP contribution in [0, 0.1) is 0 Å². The van der Waals surface area contributed by atoms with Crippen molar-refractivity contribution in [3.63, 3.8) is 0 Å². The highest BCUT2D eigenvalue weighted by molar-refractivity contribution is 4.94. The second-order valence-electron chi connectivity index (χ2n) is 3.41. The Balaban J connectivity index is 2.11. The number of rotatable bonds is 6. The van der Waals surface area contributed by atoms with Gasteiger partial charge >= 0.3 is 0 Å². The van der Waals surface area contributed by atoms with Gasteiger partial charge in [0.25, 0.3) is 0 Å². The number of hydrogen-bond acceptors (Lipinski definition) is 3. The average molecular weight is 182 g/mol. The molecule has 1 atom stereocenters. The number of nitrogens with one attached hydrogen (secondary N) is 1. The Morgan fingerprint density at radius 2 is 2.46 bits per heavy atom. The van der Waals surface area contributed by atoms with E-state index in [4.69, 9.17) is 4.52 Å². The van der Waals surface area contributed by atoms with E-state index in [-0.39, 0.29) is 0 Å². The highest BCUT2D eigenvalue weighted by atomic mass is 16.5. The summed E-state index contributed by atoms with van der Waals surface area (Å²) in [5, 5.41) is 7.23. The molecule has 0 aliphatic heterocycles. The Kier molecular flexibility index (Phi) is 4.54.